The van der Waals surface area contributed by atoms with Crippen LogP contribution in [0.2, 0.25) is 0 Å². The van der Waals surface area contributed by atoms with E-state index in [0.717, 1.165) is 62.6 Å². The first-order chi connectivity index (χ1) is 14.6. The molecule has 0 unspecified atom stereocenters. The monoisotopic (exact) mass is 420 g/mol. The summed E-state index contributed by atoms with van der Waals surface area (Å²) in [5.74, 6) is 1.10. The number of carbonyl (C=O) groups is 1. The van der Waals surface area contributed by atoms with Crippen LogP contribution in [0.4, 0.5) is 5.82 Å². The second kappa shape index (κ2) is 10.5. The van der Waals surface area contributed by atoms with Crippen molar-refractivity contribution >= 4 is 11.7 Å². The van der Waals surface area contributed by atoms with Crippen molar-refractivity contribution in [2.75, 3.05) is 72.9 Å². The fourth-order valence-corrected chi connectivity index (χ4v) is 4.40. The van der Waals surface area contributed by atoms with Crippen LogP contribution in [0.15, 0.2) is 6.07 Å². The summed E-state index contributed by atoms with van der Waals surface area (Å²) >= 11 is 0. The van der Waals surface area contributed by atoms with E-state index in [9.17, 15) is 4.79 Å². The quantitative estimate of drug-likeness (QED) is 0.633. The van der Waals surface area contributed by atoms with Crippen LogP contribution in [0.25, 0.3) is 0 Å². The molecule has 168 valence electrons. The zero-order valence-electron chi connectivity index (χ0n) is 18.7. The lowest BCUT2D eigenvalue weighted by atomic mass is 10.0. The number of hydrogen-bond acceptors (Lipinski definition) is 8. The number of likely N-dealkylation sites (N-methyl/N-ethyl adjacent to an activating group) is 1. The highest BCUT2D eigenvalue weighted by molar-refractivity contribution is 5.79. The molecule has 0 radical (unpaired) electrons. The van der Waals surface area contributed by atoms with Gasteiger partial charge in [-0.1, -0.05) is 0 Å². The van der Waals surface area contributed by atoms with Gasteiger partial charge in [0.1, 0.15) is 11.5 Å². The van der Waals surface area contributed by atoms with Crippen molar-refractivity contribution in [3.63, 3.8) is 0 Å². The number of nitrogens with zero attached hydrogens (tertiary/aromatic N) is 4. The highest BCUT2D eigenvalue weighted by Crippen LogP contribution is 2.29. The van der Waals surface area contributed by atoms with E-state index in [1.165, 1.54) is 12.6 Å². The maximum absolute atomic E-state index is 12.8. The molecule has 9 nitrogen and oxygen atoms in total. The number of pyridine rings is 1. The van der Waals surface area contributed by atoms with E-state index in [0.29, 0.717) is 19.1 Å². The van der Waals surface area contributed by atoms with Gasteiger partial charge in [-0.05, 0) is 44.1 Å². The Hall–Kier alpha value is -1.78. The summed E-state index contributed by atoms with van der Waals surface area (Å²) < 4.78 is 11.0. The Morgan fingerprint density at radius 1 is 1.27 bits per heavy atom. The molecule has 4 rings (SSSR count). The summed E-state index contributed by atoms with van der Waals surface area (Å²) in [6, 6.07) is 2.70. The third kappa shape index (κ3) is 4.92. The fraction of sp³-hybridized carbons (Fsp3) is 0.714. The van der Waals surface area contributed by atoms with Gasteiger partial charge in [-0.2, -0.15) is 0 Å². The Morgan fingerprint density at radius 2 is 2.00 bits per heavy atom. The lowest BCUT2D eigenvalue weighted by Gasteiger charge is -2.46. The Balaban J connectivity index is 0.00000124. The summed E-state index contributed by atoms with van der Waals surface area (Å²) in [5, 5.41) is 3.37. The number of hydrogen-bond donors (Lipinski definition) is 2. The van der Waals surface area contributed by atoms with E-state index in [4.69, 9.17) is 14.5 Å². The summed E-state index contributed by atoms with van der Waals surface area (Å²) in [5.41, 5.74) is 7.48. The summed E-state index contributed by atoms with van der Waals surface area (Å²) in [7, 11) is 6.86. The molecule has 2 saturated heterocycles. The van der Waals surface area contributed by atoms with E-state index in [-0.39, 0.29) is 5.91 Å². The van der Waals surface area contributed by atoms with Crippen LogP contribution < -0.4 is 11.1 Å². The van der Waals surface area contributed by atoms with E-state index in [2.05, 4.69) is 34.0 Å². The smallest absolute Gasteiger partial charge is 0.237 e. The lowest BCUT2D eigenvalue weighted by molar-refractivity contribution is -0.139. The number of carbonyl (C=O) groups excluding carboxylic acids is 1. The highest BCUT2D eigenvalue weighted by Gasteiger charge is 2.34. The van der Waals surface area contributed by atoms with Gasteiger partial charge in [-0.25, -0.2) is 4.98 Å². The van der Waals surface area contributed by atoms with Crippen molar-refractivity contribution in [1.29, 1.82) is 0 Å². The molecule has 9 heteroatoms. The normalized spacial score (nSPS) is 20.3. The van der Waals surface area contributed by atoms with E-state index < -0.39 is 6.29 Å². The minimum atomic E-state index is -0.536. The van der Waals surface area contributed by atoms with Gasteiger partial charge in [-0.3, -0.25) is 9.69 Å². The van der Waals surface area contributed by atoms with Gasteiger partial charge in [0.25, 0.3) is 0 Å². The molecule has 3 aliphatic rings. The molecule has 3 aliphatic heterocycles. The molecule has 2 fully saturated rings. The zero-order chi connectivity index (χ0) is 21.7. The van der Waals surface area contributed by atoms with Gasteiger partial charge in [0.05, 0.1) is 6.54 Å². The van der Waals surface area contributed by atoms with Crippen LogP contribution >= 0.6 is 0 Å². The third-order valence-electron chi connectivity index (χ3n) is 6.05. The Bertz CT molecular complexity index is 721. The minimum absolute atomic E-state index is 0.189. The molecule has 0 bridgehead atoms. The maximum Gasteiger partial charge on any atom is 0.237 e. The van der Waals surface area contributed by atoms with Crippen LogP contribution in [0.1, 0.15) is 29.5 Å². The number of ether oxygens (including phenoxy) is 2. The minimum Gasteiger partial charge on any atom is -0.370 e. The average molecular weight is 421 g/mol. The van der Waals surface area contributed by atoms with Crippen molar-refractivity contribution in [1.82, 2.24) is 19.7 Å². The number of anilines is 1. The van der Waals surface area contributed by atoms with Gasteiger partial charge in [-0.15, -0.1) is 0 Å². The molecule has 4 heterocycles. The number of aryl methyl sites for hydroxylation is 1. The standard InChI is InChI=1S/C20H31N5O3.CH5N/c1-23-11-16(12-23)24-7-8-25(17(26)13-24)10-15-9-14-5-4-6-21-19(14)22-18(15)20(27-2)28-3;1-2/h9,16,20H,4-8,10-13H2,1-3H3,(H,21,22);2H2,1H3. The number of methoxy groups -OCH3 is 2. The molecule has 1 aromatic rings. The first-order valence-electron chi connectivity index (χ1n) is 10.7. The fourth-order valence-electron chi connectivity index (χ4n) is 4.40. The highest BCUT2D eigenvalue weighted by atomic mass is 16.7. The van der Waals surface area contributed by atoms with Gasteiger partial charge < -0.3 is 30.3 Å². The van der Waals surface area contributed by atoms with Crippen LogP contribution in [0, 0.1) is 0 Å². The summed E-state index contributed by atoms with van der Waals surface area (Å²) in [4.78, 5) is 24.2. The molecular weight excluding hydrogens is 384 g/mol. The lowest BCUT2D eigenvalue weighted by Crippen LogP contribution is -2.63. The van der Waals surface area contributed by atoms with Gasteiger partial charge >= 0.3 is 0 Å². The van der Waals surface area contributed by atoms with Crippen LogP contribution in [0.3, 0.4) is 0 Å². The Labute approximate surface area is 179 Å². The van der Waals surface area contributed by atoms with Crippen LogP contribution in [-0.4, -0.2) is 99.2 Å². The number of rotatable bonds is 6. The molecule has 0 atom stereocenters. The number of amides is 1. The maximum atomic E-state index is 12.8. The molecule has 0 aromatic carbocycles. The molecule has 0 spiro atoms. The number of nitrogens with one attached hydrogen (secondary N) is 1. The molecule has 0 aliphatic carbocycles. The summed E-state index contributed by atoms with van der Waals surface area (Å²) in [6.07, 6.45) is 1.56. The van der Waals surface area contributed by atoms with Gasteiger partial charge in [0.15, 0.2) is 0 Å². The predicted octanol–water partition coefficient (Wildman–Crippen LogP) is 0.264. The van der Waals surface area contributed by atoms with Gasteiger partial charge in [0.2, 0.25) is 12.2 Å². The Morgan fingerprint density at radius 3 is 2.63 bits per heavy atom. The molecule has 30 heavy (non-hydrogen) atoms. The number of nitrogens with two attached hydrogens (primary N) is 1. The topological polar surface area (TPSA) is 96.2 Å². The number of fused-ring (bicyclic) bond motifs is 1. The molecule has 1 aromatic heterocycles. The van der Waals surface area contributed by atoms with Crippen LogP contribution in [-0.2, 0) is 27.2 Å². The van der Waals surface area contributed by atoms with E-state index in [1.54, 1.807) is 14.2 Å². The Kier molecular flexibility index (Phi) is 8.01. The predicted molar refractivity (Wildman–Crippen MR) is 116 cm³/mol. The van der Waals surface area contributed by atoms with E-state index in [1.807, 2.05) is 4.90 Å². The molecular formula is C21H36N6O3. The molecule has 1 amide bonds. The second-order valence-corrected chi connectivity index (χ2v) is 8.03. The van der Waals surface area contributed by atoms with Crippen molar-refractivity contribution in [3.8, 4) is 0 Å². The van der Waals surface area contributed by atoms with Crippen molar-refractivity contribution in [2.24, 2.45) is 5.73 Å². The SMILES string of the molecule is CN.COC(OC)c1nc2c(cc1CN1CCN(C3CN(C)C3)CC1=O)CCCN2. The zero-order valence-corrected chi connectivity index (χ0v) is 18.7. The van der Waals surface area contributed by atoms with Crippen LogP contribution in [0.5, 0.6) is 0 Å². The second-order valence-electron chi connectivity index (χ2n) is 8.03. The van der Waals surface area contributed by atoms with Crippen molar-refractivity contribution < 1.29 is 14.3 Å². The average Bonchev–Trinajstić information content (AvgIpc) is 2.75. The van der Waals surface area contributed by atoms with Crippen molar-refractivity contribution in [2.45, 2.75) is 31.7 Å². The van der Waals surface area contributed by atoms with Crippen molar-refractivity contribution in [3.05, 3.63) is 22.9 Å². The largest absolute Gasteiger partial charge is 0.370 e. The number of likely N-dealkylation sites (tertiary alicyclic amines) is 1. The first-order valence-corrected chi connectivity index (χ1v) is 10.7. The molecule has 0 saturated carbocycles. The summed E-state index contributed by atoms with van der Waals surface area (Å²) in [6.45, 7) is 5.78. The van der Waals surface area contributed by atoms with Gasteiger partial charge in [0, 0.05) is 59.5 Å². The third-order valence-corrected chi connectivity index (χ3v) is 6.05. The van der Waals surface area contributed by atoms with E-state index >= 15 is 0 Å². The number of piperazine rings is 1. The molecule has 3 N–H and O–H groups in total. The number of aromatic nitrogens is 1. The first kappa shape index (κ1) is 22.9.